The number of thiazole rings is 1. The van der Waals surface area contributed by atoms with Crippen LogP contribution < -0.4 is 0 Å². The summed E-state index contributed by atoms with van der Waals surface area (Å²) >= 11 is 1.41. The van der Waals surface area contributed by atoms with Crippen molar-refractivity contribution in [1.29, 1.82) is 0 Å². The molecule has 0 atom stereocenters. The number of aliphatic hydroxyl groups excluding tert-OH is 1. The van der Waals surface area contributed by atoms with Crippen molar-refractivity contribution in [1.82, 2.24) is 4.98 Å². The molecule has 0 aliphatic rings. The van der Waals surface area contributed by atoms with E-state index in [0.717, 1.165) is 16.3 Å². The Morgan fingerprint density at radius 3 is 3.00 bits per heavy atom. The lowest BCUT2D eigenvalue weighted by Gasteiger charge is -2.00. The van der Waals surface area contributed by atoms with Gasteiger partial charge in [-0.3, -0.25) is 4.79 Å². The van der Waals surface area contributed by atoms with Gasteiger partial charge >= 0.3 is 5.97 Å². The first kappa shape index (κ1) is 13.2. The number of ketones is 1. The molecular weight excluding hydrogens is 266 g/mol. The summed E-state index contributed by atoms with van der Waals surface area (Å²) in [6.07, 6.45) is 0.861. The molecule has 0 saturated carbocycles. The minimum absolute atomic E-state index is 0.137. The van der Waals surface area contributed by atoms with E-state index in [-0.39, 0.29) is 6.61 Å². The third-order valence-electron chi connectivity index (χ3n) is 2.37. The first-order chi connectivity index (χ1) is 9.11. The van der Waals surface area contributed by atoms with Crippen molar-refractivity contribution in [2.24, 2.45) is 0 Å². The van der Waals surface area contributed by atoms with Crippen LogP contribution in [0.2, 0.25) is 0 Å². The van der Waals surface area contributed by atoms with Crippen molar-refractivity contribution in [3.8, 4) is 0 Å². The second-order valence-corrected chi connectivity index (χ2v) is 4.54. The van der Waals surface area contributed by atoms with Gasteiger partial charge in [0.15, 0.2) is 5.78 Å². The molecule has 2 aromatic rings. The highest BCUT2D eigenvalue weighted by molar-refractivity contribution is 7.16. The molecule has 0 unspecified atom stereocenters. The number of nitrogens with zero attached hydrogens (tertiary/aromatic N) is 1. The summed E-state index contributed by atoms with van der Waals surface area (Å²) in [7, 11) is 0. The monoisotopic (exact) mass is 277 g/mol. The Balaban J connectivity index is 2.23. The number of carbonyl (C=O) groups excluding carboxylic acids is 2. The van der Waals surface area contributed by atoms with Gasteiger partial charge in [0.2, 0.25) is 5.76 Å². The van der Waals surface area contributed by atoms with Crippen LogP contribution in [0.15, 0.2) is 35.5 Å². The molecule has 6 heteroatoms. The van der Waals surface area contributed by atoms with E-state index in [2.05, 4.69) is 9.72 Å². The van der Waals surface area contributed by atoms with E-state index >= 15 is 0 Å². The Kier molecular flexibility index (Phi) is 3.91. The van der Waals surface area contributed by atoms with Crippen LogP contribution in [-0.4, -0.2) is 28.4 Å². The molecule has 1 heterocycles. The van der Waals surface area contributed by atoms with E-state index < -0.39 is 17.5 Å². The predicted molar refractivity (Wildman–Crippen MR) is 71.3 cm³/mol. The smallest absolute Gasteiger partial charge is 0.373 e. The zero-order valence-corrected chi connectivity index (χ0v) is 10.9. The summed E-state index contributed by atoms with van der Waals surface area (Å²) in [4.78, 5) is 27.2. The minimum atomic E-state index is -0.908. The predicted octanol–water partition coefficient (Wildman–Crippen LogP) is 2.48. The highest BCUT2D eigenvalue weighted by Gasteiger charge is 2.12. The molecule has 0 amide bonds. The number of ether oxygens (including phenoxy) is 1. The number of hydrogen-bond acceptors (Lipinski definition) is 6. The van der Waals surface area contributed by atoms with Gasteiger partial charge in [0.1, 0.15) is 0 Å². The lowest BCUT2D eigenvalue weighted by Crippen LogP contribution is -2.09. The zero-order chi connectivity index (χ0) is 13.8. The highest BCUT2D eigenvalue weighted by Crippen LogP contribution is 2.19. The number of allylic oxidation sites excluding steroid dienone is 1. The van der Waals surface area contributed by atoms with Crippen LogP contribution in [0.5, 0.6) is 0 Å². The molecule has 1 aromatic heterocycles. The van der Waals surface area contributed by atoms with E-state index in [1.807, 2.05) is 0 Å². The number of aliphatic hydroxyl groups is 1. The van der Waals surface area contributed by atoms with Crippen LogP contribution in [0.4, 0.5) is 0 Å². The van der Waals surface area contributed by atoms with Crippen molar-refractivity contribution in [3.05, 3.63) is 41.1 Å². The summed E-state index contributed by atoms with van der Waals surface area (Å²) < 4.78 is 5.45. The topological polar surface area (TPSA) is 76.5 Å². The van der Waals surface area contributed by atoms with Crippen LogP contribution in [0.25, 0.3) is 10.2 Å². The lowest BCUT2D eigenvalue weighted by atomic mass is 10.1. The van der Waals surface area contributed by atoms with Crippen LogP contribution >= 0.6 is 11.3 Å². The van der Waals surface area contributed by atoms with E-state index in [9.17, 15) is 14.7 Å². The quantitative estimate of drug-likeness (QED) is 0.402. The number of fused-ring (bicyclic) bond motifs is 1. The van der Waals surface area contributed by atoms with Crippen molar-refractivity contribution in [3.63, 3.8) is 0 Å². The Morgan fingerprint density at radius 2 is 2.26 bits per heavy atom. The molecule has 98 valence electrons. The maximum atomic E-state index is 11.9. The van der Waals surface area contributed by atoms with Gasteiger partial charge in [-0.2, -0.15) is 0 Å². The second kappa shape index (κ2) is 5.62. The van der Waals surface area contributed by atoms with Gasteiger partial charge in [-0.1, -0.05) is 0 Å². The molecule has 0 aliphatic heterocycles. The Labute approximate surface area is 113 Å². The average Bonchev–Trinajstić information content (AvgIpc) is 2.85. The fraction of sp³-hybridized carbons (Fsp3) is 0.154. The molecule has 5 nitrogen and oxygen atoms in total. The highest BCUT2D eigenvalue weighted by atomic mass is 32.1. The maximum absolute atomic E-state index is 11.9. The van der Waals surface area contributed by atoms with Gasteiger partial charge in [-0.25, -0.2) is 9.78 Å². The fourth-order valence-corrected chi connectivity index (χ4v) is 2.20. The third kappa shape index (κ3) is 2.97. The normalized spacial score (nSPS) is 11.5. The Morgan fingerprint density at radius 1 is 1.47 bits per heavy atom. The van der Waals surface area contributed by atoms with Crippen LogP contribution in [0.3, 0.4) is 0 Å². The first-order valence-electron chi connectivity index (χ1n) is 5.57. The Bertz CT molecular complexity index is 659. The van der Waals surface area contributed by atoms with Gasteiger partial charge in [-0.05, 0) is 25.1 Å². The number of esters is 1. The summed E-state index contributed by atoms with van der Waals surface area (Å²) in [6.45, 7) is 1.75. The minimum Gasteiger partial charge on any atom is -0.502 e. The molecular formula is C13H11NO4S. The number of benzene rings is 1. The van der Waals surface area contributed by atoms with E-state index in [4.69, 9.17) is 0 Å². The molecule has 0 saturated heterocycles. The van der Waals surface area contributed by atoms with Crippen LogP contribution in [-0.2, 0) is 9.53 Å². The molecule has 19 heavy (non-hydrogen) atoms. The van der Waals surface area contributed by atoms with E-state index in [0.29, 0.717) is 5.56 Å². The summed E-state index contributed by atoms with van der Waals surface area (Å²) in [5.74, 6) is -2.06. The standard InChI is InChI=1S/C13H11NO4S/c1-2-18-13(17)11(16)6-10(15)8-3-4-9-12(5-8)19-7-14-9/h3-7,16H,2H2,1H3/b11-6-. The molecule has 0 aliphatic carbocycles. The lowest BCUT2D eigenvalue weighted by molar-refractivity contribution is -0.141. The van der Waals surface area contributed by atoms with Gasteiger partial charge in [0.25, 0.3) is 0 Å². The molecule has 2 rings (SSSR count). The van der Waals surface area contributed by atoms with Gasteiger partial charge < -0.3 is 9.84 Å². The molecule has 0 radical (unpaired) electrons. The first-order valence-corrected chi connectivity index (χ1v) is 6.45. The maximum Gasteiger partial charge on any atom is 0.373 e. The molecule has 0 bridgehead atoms. The van der Waals surface area contributed by atoms with Crippen LogP contribution in [0.1, 0.15) is 17.3 Å². The van der Waals surface area contributed by atoms with E-state index in [1.165, 1.54) is 11.3 Å². The van der Waals surface area contributed by atoms with Gasteiger partial charge in [-0.15, -0.1) is 11.3 Å². The average molecular weight is 277 g/mol. The van der Waals surface area contributed by atoms with Gasteiger partial charge in [0, 0.05) is 11.6 Å². The van der Waals surface area contributed by atoms with Crippen molar-refractivity contribution < 1.29 is 19.4 Å². The SMILES string of the molecule is CCOC(=O)/C(O)=C/C(=O)c1ccc2ncsc2c1. The van der Waals surface area contributed by atoms with Crippen molar-refractivity contribution >= 4 is 33.3 Å². The molecule has 1 aromatic carbocycles. The Hall–Kier alpha value is -2.21. The molecule has 0 spiro atoms. The van der Waals surface area contributed by atoms with Crippen LogP contribution in [0, 0.1) is 0 Å². The summed E-state index contributed by atoms with van der Waals surface area (Å²) in [5.41, 5.74) is 2.87. The second-order valence-electron chi connectivity index (χ2n) is 3.65. The number of aromatic nitrogens is 1. The number of carbonyl (C=O) groups is 2. The molecule has 1 N–H and O–H groups in total. The summed E-state index contributed by atoms with van der Waals surface area (Å²) in [5, 5.41) is 9.41. The number of hydrogen-bond donors (Lipinski definition) is 1. The third-order valence-corrected chi connectivity index (χ3v) is 3.16. The zero-order valence-electron chi connectivity index (χ0n) is 10.1. The fourth-order valence-electron chi connectivity index (χ4n) is 1.48. The van der Waals surface area contributed by atoms with E-state index in [1.54, 1.807) is 30.6 Å². The largest absolute Gasteiger partial charge is 0.502 e. The van der Waals surface area contributed by atoms with Crippen molar-refractivity contribution in [2.45, 2.75) is 6.92 Å². The van der Waals surface area contributed by atoms with Gasteiger partial charge in [0.05, 0.1) is 22.3 Å². The number of rotatable bonds is 4. The van der Waals surface area contributed by atoms with Crippen molar-refractivity contribution in [2.75, 3.05) is 6.61 Å². The molecule has 0 fully saturated rings. The summed E-state index contributed by atoms with van der Waals surface area (Å²) in [6, 6.07) is 4.98.